The van der Waals surface area contributed by atoms with Crippen molar-refractivity contribution in [3.63, 3.8) is 0 Å². The molecule has 3 rings (SSSR count). The van der Waals surface area contributed by atoms with Gasteiger partial charge in [-0.1, -0.05) is 48.0 Å². The molecule has 1 N–H and O–H groups in total. The van der Waals surface area contributed by atoms with Crippen molar-refractivity contribution < 1.29 is 19.4 Å². The van der Waals surface area contributed by atoms with E-state index in [1.54, 1.807) is 24.3 Å². The van der Waals surface area contributed by atoms with E-state index >= 15 is 0 Å². The number of phenols is 1. The average molecular weight is 334 g/mol. The predicted octanol–water partition coefficient (Wildman–Crippen LogP) is 4.20. The Hall–Kier alpha value is -3.14. The van der Waals surface area contributed by atoms with E-state index in [2.05, 4.69) is 0 Å². The van der Waals surface area contributed by atoms with Crippen LogP contribution in [0.15, 0.2) is 54.6 Å². The fourth-order valence-corrected chi connectivity index (χ4v) is 2.79. The highest BCUT2D eigenvalue weighted by molar-refractivity contribution is 6.08. The SMILES string of the molecule is Cc1ccc(C)c(C(=O)COC(=O)c2c(O)ccc3ccccc23)c1. The second-order valence-electron chi connectivity index (χ2n) is 6.00. The zero-order valence-electron chi connectivity index (χ0n) is 14.1. The van der Waals surface area contributed by atoms with Crippen LogP contribution in [0.5, 0.6) is 5.75 Å². The summed E-state index contributed by atoms with van der Waals surface area (Å²) in [7, 11) is 0. The van der Waals surface area contributed by atoms with Gasteiger partial charge in [0.1, 0.15) is 11.3 Å². The van der Waals surface area contributed by atoms with Gasteiger partial charge in [-0.2, -0.15) is 0 Å². The molecule has 25 heavy (non-hydrogen) atoms. The second kappa shape index (κ2) is 6.77. The molecule has 0 aliphatic rings. The topological polar surface area (TPSA) is 63.6 Å². The van der Waals surface area contributed by atoms with Gasteiger partial charge in [0.25, 0.3) is 0 Å². The monoisotopic (exact) mass is 334 g/mol. The van der Waals surface area contributed by atoms with E-state index in [1.807, 2.05) is 38.1 Å². The summed E-state index contributed by atoms with van der Waals surface area (Å²) in [5.41, 5.74) is 2.41. The molecule has 0 bridgehead atoms. The Bertz CT molecular complexity index is 973. The van der Waals surface area contributed by atoms with Crippen LogP contribution in [0, 0.1) is 13.8 Å². The maximum absolute atomic E-state index is 12.4. The molecule has 0 spiro atoms. The summed E-state index contributed by atoms with van der Waals surface area (Å²) in [6.07, 6.45) is 0. The first-order chi connectivity index (χ1) is 12.0. The molecule has 0 unspecified atom stereocenters. The van der Waals surface area contributed by atoms with E-state index in [0.29, 0.717) is 10.9 Å². The highest BCUT2D eigenvalue weighted by Gasteiger charge is 2.19. The normalized spacial score (nSPS) is 10.6. The minimum Gasteiger partial charge on any atom is -0.507 e. The van der Waals surface area contributed by atoms with Crippen LogP contribution in [0.4, 0.5) is 0 Å². The number of aryl methyl sites for hydroxylation is 2. The summed E-state index contributed by atoms with van der Waals surface area (Å²) in [5, 5.41) is 11.5. The van der Waals surface area contributed by atoms with Gasteiger partial charge in [0, 0.05) is 5.56 Å². The first-order valence-electron chi connectivity index (χ1n) is 7.95. The summed E-state index contributed by atoms with van der Waals surface area (Å²) in [6, 6.07) is 15.9. The lowest BCUT2D eigenvalue weighted by atomic mass is 10.0. The molecule has 3 aromatic rings. The molecule has 0 aliphatic carbocycles. The quantitative estimate of drug-likeness (QED) is 0.574. The molecule has 0 saturated heterocycles. The van der Waals surface area contributed by atoms with Crippen LogP contribution in [0.25, 0.3) is 10.8 Å². The Kier molecular flexibility index (Phi) is 4.52. The lowest BCUT2D eigenvalue weighted by Crippen LogP contribution is -2.15. The van der Waals surface area contributed by atoms with Crippen molar-refractivity contribution in [3.8, 4) is 5.75 Å². The molecule has 0 fully saturated rings. The summed E-state index contributed by atoms with van der Waals surface area (Å²) in [6.45, 7) is 3.37. The van der Waals surface area contributed by atoms with Gasteiger partial charge in [-0.05, 0) is 42.3 Å². The Morgan fingerprint density at radius 2 is 1.76 bits per heavy atom. The highest BCUT2D eigenvalue weighted by atomic mass is 16.5. The number of phenolic OH excluding ortho intramolecular Hbond substituents is 1. The molecule has 0 radical (unpaired) electrons. The van der Waals surface area contributed by atoms with E-state index in [-0.39, 0.29) is 23.7 Å². The first-order valence-corrected chi connectivity index (χ1v) is 7.95. The number of carbonyl (C=O) groups excluding carboxylic acids is 2. The molecule has 0 atom stereocenters. The van der Waals surface area contributed by atoms with Crippen molar-refractivity contribution in [1.82, 2.24) is 0 Å². The summed E-state index contributed by atoms with van der Waals surface area (Å²) < 4.78 is 5.18. The lowest BCUT2D eigenvalue weighted by molar-refractivity contribution is 0.0473. The number of carbonyl (C=O) groups is 2. The molecular formula is C21H18O4. The maximum atomic E-state index is 12.4. The Morgan fingerprint density at radius 3 is 2.56 bits per heavy atom. The third-order valence-corrected chi connectivity index (χ3v) is 4.14. The fraction of sp³-hybridized carbons (Fsp3) is 0.143. The minimum absolute atomic E-state index is 0.0758. The number of hydrogen-bond donors (Lipinski definition) is 1. The minimum atomic E-state index is -0.715. The smallest absolute Gasteiger partial charge is 0.343 e. The van der Waals surface area contributed by atoms with Gasteiger partial charge in [0.2, 0.25) is 5.78 Å². The van der Waals surface area contributed by atoms with Gasteiger partial charge in [-0.25, -0.2) is 4.79 Å². The van der Waals surface area contributed by atoms with E-state index in [9.17, 15) is 14.7 Å². The van der Waals surface area contributed by atoms with Crippen LogP contribution in [-0.4, -0.2) is 23.5 Å². The Balaban J connectivity index is 1.83. The van der Waals surface area contributed by atoms with Crippen molar-refractivity contribution in [2.45, 2.75) is 13.8 Å². The Morgan fingerprint density at radius 1 is 1.00 bits per heavy atom. The van der Waals surface area contributed by atoms with Gasteiger partial charge in [-0.15, -0.1) is 0 Å². The van der Waals surface area contributed by atoms with Crippen molar-refractivity contribution in [3.05, 3.63) is 76.9 Å². The highest BCUT2D eigenvalue weighted by Crippen LogP contribution is 2.27. The lowest BCUT2D eigenvalue weighted by Gasteiger charge is -2.10. The third kappa shape index (κ3) is 3.38. The molecular weight excluding hydrogens is 316 g/mol. The molecule has 4 nitrogen and oxygen atoms in total. The van der Waals surface area contributed by atoms with Crippen molar-refractivity contribution in [1.29, 1.82) is 0 Å². The zero-order valence-corrected chi connectivity index (χ0v) is 14.1. The average Bonchev–Trinajstić information content (AvgIpc) is 2.61. The molecule has 0 aromatic heterocycles. The summed E-state index contributed by atoms with van der Waals surface area (Å²) in [4.78, 5) is 24.8. The molecule has 3 aromatic carbocycles. The predicted molar refractivity (Wildman–Crippen MR) is 96.1 cm³/mol. The van der Waals surface area contributed by atoms with Crippen LogP contribution in [0.3, 0.4) is 0 Å². The standard InChI is InChI=1S/C21H18O4/c1-13-7-8-14(2)17(11-13)19(23)12-25-21(24)20-16-6-4-3-5-15(16)9-10-18(20)22/h3-11,22H,12H2,1-2H3. The van der Waals surface area contributed by atoms with Crippen LogP contribution in [-0.2, 0) is 4.74 Å². The number of Topliss-reactive ketones (excluding diaryl/α,β-unsaturated/α-hetero) is 1. The number of esters is 1. The van der Waals surface area contributed by atoms with Crippen molar-refractivity contribution >= 4 is 22.5 Å². The van der Waals surface area contributed by atoms with Gasteiger partial charge in [-0.3, -0.25) is 4.79 Å². The van der Waals surface area contributed by atoms with Gasteiger partial charge >= 0.3 is 5.97 Å². The number of rotatable bonds is 4. The van der Waals surface area contributed by atoms with Crippen molar-refractivity contribution in [2.24, 2.45) is 0 Å². The maximum Gasteiger partial charge on any atom is 0.343 e. The third-order valence-electron chi connectivity index (χ3n) is 4.14. The van der Waals surface area contributed by atoms with Gasteiger partial charge in [0.05, 0.1) is 0 Å². The largest absolute Gasteiger partial charge is 0.507 e. The molecule has 0 saturated carbocycles. The van der Waals surface area contributed by atoms with Gasteiger partial charge < -0.3 is 9.84 Å². The molecule has 4 heteroatoms. The molecule has 126 valence electrons. The number of aromatic hydroxyl groups is 1. The molecule has 0 heterocycles. The van der Waals surface area contributed by atoms with Crippen LogP contribution < -0.4 is 0 Å². The van der Waals surface area contributed by atoms with Gasteiger partial charge in [0.15, 0.2) is 6.61 Å². The van der Waals surface area contributed by atoms with Crippen LogP contribution >= 0.6 is 0 Å². The van der Waals surface area contributed by atoms with Crippen LogP contribution in [0.2, 0.25) is 0 Å². The fourth-order valence-electron chi connectivity index (χ4n) is 2.79. The second-order valence-corrected chi connectivity index (χ2v) is 6.00. The number of benzene rings is 3. The molecule has 0 aliphatic heterocycles. The van der Waals surface area contributed by atoms with Crippen LogP contribution in [0.1, 0.15) is 31.8 Å². The number of hydrogen-bond acceptors (Lipinski definition) is 4. The Labute approximate surface area is 145 Å². The summed E-state index contributed by atoms with van der Waals surface area (Å²) >= 11 is 0. The summed E-state index contributed by atoms with van der Waals surface area (Å²) in [5.74, 6) is -1.15. The first kappa shape index (κ1) is 16.7. The zero-order chi connectivity index (χ0) is 18.0. The van der Waals surface area contributed by atoms with E-state index in [4.69, 9.17) is 4.74 Å². The van der Waals surface area contributed by atoms with E-state index in [1.165, 1.54) is 6.07 Å². The van der Waals surface area contributed by atoms with E-state index in [0.717, 1.165) is 16.5 Å². The van der Waals surface area contributed by atoms with Crippen molar-refractivity contribution in [2.75, 3.05) is 6.61 Å². The number of ether oxygens (including phenoxy) is 1. The van der Waals surface area contributed by atoms with E-state index < -0.39 is 5.97 Å². The number of ketones is 1. The number of fused-ring (bicyclic) bond motifs is 1. The molecule has 0 amide bonds.